The van der Waals surface area contributed by atoms with Gasteiger partial charge in [0.05, 0.1) is 37.0 Å². The molecule has 0 spiro atoms. The van der Waals surface area contributed by atoms with E-state index in [1.165, 1.54) is 23.9 Å². The van der Waals surface area contributed by atoms with Crippen molar-refractivity contribution in [3.05, 3.63) is 167 Å². The van der Waals surface area contributed by atoms with Crippen LogP contribution < -0.4 is 0 Å². The summed E-state index contributed by atoms with van der Waals surface area (Å²) in [5.74, 6) is -0.668. The van der Waals surface area contributed by atoms with Gasteiger partial charge in [-0.05, 0) is 52.6 Å². The van der Waals surface area contributed by atoms with Gasteiger partial charge in [0.1, 0.15) is 23.7 Å². The Morgan fingerprint density at radius 2 is 1.24 bits per heavy atom. The van der Waals surface area contributed by atoms with Crippen LogP contribution in [0.25, 0.3) is 0 Å². The molecule has 10 heteroatoms. The Labute approximate surface area is 300 Å². The van der Waals surface area contributed by atoms with Gasteiger partial charge in [-0.1, -0.05) is 121 Å². The van der Waals surface area contributed by atoms with Crippen LogP contribution in [0.4, 0.5) is 0 Å². The van der Waals surface area contributed by atoms with E-state index in [9.17, 15) is 9.59 Å². The maximum absolute atomic E-state index is 13.8. The highest BCUT2D eigenvalue weighted by Crippen LogP contribution is 2.38. The van der Waals surface area contributed by atoms with E-state index < -0.39 is 41.1 Å². The molecule has 1 aromatic heterocycles. The molecule has 1 saturated heterocycles. The lowest BCUT2D eigenvalue weighted by molar-refractivity contribution is -0.242. The highest BCUT2D eigenvalue weighted by atomic mass is 35.5. The SMILES string of the molecule is O=C(Cl)c1cccc(C(=O)O[C@H]2[C@@H](OCc3ccccc3)[C@H](OCc3ccccc3)[C@@H](COCc3ccccc3)O[C@@H]2Sc2ccccn2)c1. The number of pyridine rings is 1. The summed E-state index contributed by atoms with van der Waals surface area (Å²) in [6, 6.07) is 41.1. The number of carbonyl (C=O) groups is 2. The summed E-state index contributed by atoms with van der Waals surface area (Å²) in [5.41, 5.74) is 2.48. The predicted molar refractivity (Wildman–Crippen MR) is 191 cm³/mol. The van der Waals surface area contributed by atoms with Gasteiger partial charge >= 0.3 is 5.97 Å². The van der Waals surface area contributed by atoms with Crippen molar-refractivity contribution in [1.82, 2.24) is 4.98 Å². The van der Waals surface area contributed by atoms with Gasteiger partial charge < -0.3 is 23.7 Å². The molecule has 0 saturated carbocycles. The van der Waals surface area contributed by atoms with Crippen LogP contribution in [0.3, 0.4) is 0 Å². The van der Waals surface area contributed by atoms with Crippen molar-refractivity contribution >= 4 is 34.6 Å². The normalized spacial score (nSPS) is 20.2. The van der Waals surface area contributed by atoms with Gasteiger partial charge in [0, 0.05) is 11.8 Å². The lowest BCUT2D eigenvalue weighted by Gasteiger charge is -2.45. The number of ether oxygens (including phenoxy) is 5. The van der Waals surface area contributed by atoms with Crippen molar-refractivity contribution in [2.75, 3.05) is 6.61 Å². The molecule has 5 atom stereocenters. The lowest BCUT2D eigenvalue weighted by Crippen LogP contribution is -2.60. The van der Waals surface area contributed by atoms with Crippen LogP contribution in [-0.4, -0.2) is 52.7 Å². The first-order valence-electron chi connectivity index (χ1n) is 16.2. The van der Waals surface area contributed by atoms with E-state index in [0.717, 1.165) is 16.7 Å². The van der Waals surface area contributed by atoms with Crippen molar-refractivity contribution in [3.63, 3.8) is 0 Å². The zero-order valence-corrected chi connectivity index (χ0v) is 28.7. The van der Waals surface area contributed by atoms with E-state index in [2.05, 4.69) is 4.98 Å². The van der Waals surface area contributed by atoms with Crippen molar-refractivity contribution in [1.29, 1.82) is 0 Å². The molecule has 1 aliphatic heterocycles. The van der Waals surface area contributed by atoms with Gasteiger partial charge in [0.2, 0.25) is 0 Å². The number of thioether (sulfide) groups is 1. The van der Waals surface area contributed by atoms with Crippen LogP contribution in [0.2, 0.25) is 0 Å². The summed E-state index contributed by atoms with van der Waals surface area (Å²) < 4.78 is 32.6. The monoisotopic (exact) mass is 709 g/mol. The molecule has 0 amide bonds. The minimum absolute atomic E-state index is 0.162. The van der Waals surface area contributed by atoms with Crippen molar-refractivity contribution in [2.24, 2.45) is 0 Å². The minimum atomic E-state index is -0.972. The molecule has 0 aliphatic carbocycles. The molecule has 1 aliphatic rings. The number of carbonyl (C=O) groups excluding carboxylic acids is 2. The number of rotatable bonds is 15. The van der Waals surface area contributed by atoms with Gasteiger partial charge in [-0.3, -0.25) is 4.79 Å². The fraction of sp³-hybridized carbons (Fsp3) is 0.225. The zero-order chi connectivity index (χ0) is 34.5. The van der Waals surface area contributed by atoms with Crippen LogP contribution in [0.15, 0.2) is 145 Å². The van der Waals surface area contributed by atoms with Gasteiger partial charge in [-0.2, -0.15) is 0 Å². The number of halogens is 1. The molecule has 6 rings (SSSR count). The third kappa shape index (κ3) is 9.88. The highest BCUT2D eigenvalue weighted by molar-refractivity contribution is 7.99. The Hall–Kier alpha value is -4.35. The minimum Gasteiger partial charge on any atom is -0.452 e. The molecular weight excluding hydrogens is 674 g/mol. The molecule has 8 nitrogen and oxygen atoms in total. The van der Waals surface area contributed by atoms with Crippen molar-refractivity contribution in [2.45, 2.75) is 54.7 Å². The maximum atomic E-state index is 13.8. The van der Waals surface area contributed by atoms with E-state index in [0.29, 0.717) is 11.6 Å². The van der Waals surface area contributed by atoms with E-state index in [4.69, 9.17) is 35.3 Å². The van der Waals surface area contributed by atoms with Crippen LogP contribution in [0, 0.1) is 0 Å². The Morgan fingerprint density at radius 3 is 1.84 bits per heavy atom. The van der Waals surface area contributed by atoms with Crippen molar-refractivity contribution < 1.29 is 33.3 Å². The van der Waals surface area contributed by atoms with Gasteiger partial charge in [-0.25, -0.2) is 9.78 Å². The molecule has 256 valence electrons. The first-order chi connectivity index (χ1) is 24.5. The third-order valence-corrected chi connectivity index (χ3v) is 9.31. The van der Waals surface area contributed by atoms with Crippen LogP contribution in [0.1, 0.15) is 37.4 Å². The van der Waals surface area contributed by atoms with Crippen LogP contribution in [-0.2, 0) is 43.5 Å². The topological polar surface area (TPSA) is 93.2 Å². The summed E-state index contributed by atoms with van der Waals surface area (Å²) >= 11 is 7.06. The molecule has 50 heavy (non-hydrogen) atoms. The number of hydrogen-bond donors (Lipinski definition) is 0. The number of benzene rings is 4. The summed E-state index contributed by atoms with van der Waals surface area (Å²) in [6.07, 6.45) is -1.42. The van der Waals surface area contributed by atoms with E-state index in [-0.39, 0.29) is 30.9 Å². The number of aromatic nitrogens is 1. The molecular formula is C40H36ClNO7S. The molecule has 0 radical (unpaired) electrons. The van der Waals surface area contributed by atoms with Crippen LogP contribution >= 0.6 is 23.4 Å². The summed E-state index contributed by atoms with van der Waals surface area (Å²) in [7, 11) is 0. The molecule has 0 bridgehead atoms. The van der Waals surface area contributed by atoms with Crippen molar-refractivity contribution in [3.8, 4) is 0 Å². The molecule has 0 N–H and O–H groups in total. The van der Waals surface area contributed by atoms with E-state index in [1.807, 2.05) is 109 Å². The highest BCUT2D eigenvalue weighted by Gasteiger charge is 2.50. The Morgan fingerprint density at radius 1 is 0.660 bits per heavy atom. The van der Waals surface area contributed by atoms with Gasteiger partial charge in [0.25, 0.3) is 5.24 Å². The molecule has 4 aromatic carbocycles. The fourth-order valence-electron chi connectivity index (χ4n) is 5.52. The second-order valence-corrected chi connectivity index (χ2v) is 13.0. The van der Waals surface area contributed by atoms with Gasteiger partial charge in [-0.15, -0.1) is 0 Å². The second kappa shape index (κ2) is 18.1. The second-order valence-electron chi connectivity index (χ2n) is 11.6. The standard InChI is InChI=1S/C40H36ClNO7S/c41-38(43)31-19-12-20-32(23-31)39(44)49-37-36(47-26-30-17-8-3-9-18-30)35(46-25-29-15-6-2-7-16-29)33(27-45-24-28-13-4-1-5-14-28)48-40(37)50-34-21-10-11-22-42-34/h1-23,33,35-37,40H,24-27H2/t33-,35-,36+,37+,40-/m1/s1. The number of hydrogen-bond acceptors (Lipinski definition) is 9. The first kappa shape index (κ1) is 35.5. The summed E-state index contributed by atoms with van der Waals surface area (Å²) in [6.45, 7) is 1.03. The van der Waals surface area contributed by atoms with Crippen LogP contribution in [0.5, 0.6) is 0 Å². The molecule has 1 fully saturated rings. The van der Waals surface area contributed by atoms with E-state index >= 15 is 0 Å². The Kier molecular flexibility index (Phi) is 12.8. The van der Waals surface area contributed by atoms with E-state index in [1.54, 1.807) is 18.3 Å². The predicted octanol–water partition coefficient (Wildman–Crippen LogP) is 7.89. The average Bonchev–Trinajstić information content (AvgIpc) is 3.16. The number of esters is 1. The first-order valence-corrected chi connectivity index (χ1v) is 17.5. The quantitative estimate of drug-likeness (QED) is 0.0795. The number of nitrogens with zero attached hydrogens (tertiary/aromatic N) is 1. The largest absolute Gasteiger partial charge is 0.452 e. The fourth-order valence-corrected chi connectivity index (χ4v) is 6.70. The third-order valence-electron chi connectivity index (χ3n) is 8.00. The summed E-state index contributed by atoms with van der Waals surface area (Å²) in [4.78, 5) is 30.2. The average molecular weight is 710 g/mol. The maximum Gasteiger partial charge on any atom is 0.338 e. The molecule has 0 unspecified atom stereocenters. The zero-order valence-electron chi connectivity index (χ0n) is 27.1. The van der Waals surface area contributed by atoms with Gasteiger partial charge in [0.15, 0.2) is 6.10 Å². The lowest BCUT2D eigenvalue weighted by atomic mass is 9.98. The molecule has 2 heterocycles. The Bertz CT molecular complexity index is 1800. The Balaban J connectivity index is 1.35. The summed E-state index contributed by atoms with van der Waals surface area (Å²) in [5, 5.41) is -0.0104. The smallest absolute Gasteiger partial charge is 0.338 e. The molecule has 5 aromatic rings.